The van der Waals surface area contributed by atoms with Crippen molar-refractivity contribution in [3.63, 3.8) is 0 Å². The Kier molecular flexibility index (Phi) is 6.51. The van der Waals surface area contributed by atoms with Crippen molar-refractivity contribution in [2.45, 2.75) is 39.8 Å². The highest BCUT2D eigenvalue weighted by Gasteiger charge is 2.17. The van der Waals surface area contributed by atoms with Gasteiger partial charge in [0.15, 0.2) is 11.6 Å². The lowest BCUT2D eigenvalue weighted by Gasteiger charge is -2.30. The Hall–Kier alpha value is -1.73. The molecular formula is C14H24FN5O. The second-order valence-electron chi connectivity index (χ2n) is 5.35. The molecule has 4 N–H and O–H groups in total. The highest BCUT2D eigenvalue weighted by Crippen LogP contribution is 2.13. The molecule has 0 unspecified atom stereocenters. The molecule has 0 saturated carbocycles. The van der Waals surface area contributed by atoms with E-state index in [9.17, 15) is 9.18 Å². The molecular weight excluding hydrogens is 273 g/mol. The molecule has 0 aromatic carbocycles. The lowest BCUT2D eigenvalue weighted by Crippen LogP contribution is -2.42. The molecule has 0 saturated heterocycles. The van der Waals surface area contributed by atoms with Crippen LogP contribution in [0.5, 0.6) is 0 Å². The Morgan fingerprint density at radius 1 is 1.38 bits per heavy atom. The van der Waals surface area contributed by atoms with Crippen LogP contribution in [-0.4, -0.2) is 41.0 Å². The summed E-state index contributed by atoms with van der Waals surface area (Å²) >= 11 is 0. The molecule has 0 atom stereocenters. The predicted octanol–water partition coefficient (Wildman–Crippen LogP) is 1.35. The SMILES string of the molecule is CC(C)N(CCNC(=O)c1ccnc(NN)c1F)C(C)C. The van der Waals surface area contributed by atoms with E-state index in [1.165, 1.54) is 12.3 Å². The van der Waals surface area contributed by atoms with Gasteiger partial charge in [0, 0.05) is 31.4 Å². The summed E-state index contributed by atoms with van der Waals surface area (Å²) < 4.78 is 13.9. The summed E-state index contributed by atoms with van der Waals surface area (Å²) in [5, 5.41) is 2.71. The molecule has 21 heavy (non-hydrogen) atoms. The molecule has 0 aliphatic rings. The average Bonchev–Trinajstić information content (AvgIpc) is 2.42. The lowest BCUT2D eigenvalue weighted by molar-refractivity contribution is 0.0935. The molecule has 0 aliphatic carbocycles. The first kappa shape index (κ1) is 17.3. The van der Waals surface area contributed by atoms with Gasteiger partial charge in [-0.05, 0) is 33.8 Å². The number of carbonyl (C=O) groups is 1. The van der Waals surface area contributed by atoms with Gasteiger partial charge >= 0.3 is 0 Å². The maximum atomic E-state index is 13.9. The van der Waals surface area contributed by atoms with Crippen molar-refractivity contribution in [3.05, 3.63) is 23.6 Å². The van der Waals surface area contributed by atoms with Gasteiger partial charge < -0.3 is 10.7 Å². The summed E-state index contributed by atoms with van der Waals surface area (Å²) in [6, 6.07) is 2.09. The fourth-order valence-electron chi connectivity index (χ4n) is 2.23. The smallest absolute Gasteiger partial charge is 0.254 e. The number of hydrogen-bond acceptors (Lipinski definition) is 5. The van der Waals surface area contributed by atoms with Gasteiger partial charge in [-0.1, -0.05) is 0 Å². The lowest BCUT2D eigenvalue weighted by atomic mass is 10.2. The fourth-order valence-corrected chi connectivity index (χ4v) is 2.23. The third kappa shape index (κ3) is 4.64. The number of hydrazine groups is 1. The van der Waals surface area contributed by atoms with Gasteiger partial charge in [0.2, 0.25) is 0 Å². The normalized spacial score (nSPS) is 11.3. The third-order valence-corrected chi connectivity index (χ3v) is 3.25. The number of hydrogen-bond donors (Lipinski definition) is 3. The average molecular weight is 297 g/mol. The number of carbonyl (C=O) groups excluding carboxylic acids is 1. The molecule has 1 amide bonds. The first-order chi connectivity index (χ1) is 9.88. The highest BCUT2D eigenvalue weighted by atomic mass is 19.1. The summed E-state index contributed by atoms with van der Waals surface area (Å²) in [4.78, 5) is 17.9. The van der Waals surface area contributed by atoms with Gasteiger partial charge in [0.05, 0.1) is 5.56 Å². The van der Waals surface area contributed by atoms with E-state index in [-0.39, 0.29) is 11.4 Å². The standard InChI is InChI=1S/C14H24FN5O/c1-9(2)20(10(3)4)8-7-18-14(21)11-5-6-17-13(19-16)12(11)15/h5-6,9-10H,7-8,16H2,1-4H3,(H,17,19)(H,18,21). The molecule has 6 nitrogen and oxygen atoms in total. The number of nitrogens with zero attached hydrogens (tertiary/aromatic N) is 2. The van der Waals surface area contributed by atoms with Crippen LogP contribution in [0, 0.1) is 5.82 Å². The van der Waals surface area contributed by atoms with Crippen LogP contribution in [0.2, 0.25) is 0 Å². The van der Waals surface area contributed by atoms with E-state index in [1.54, 1.807) is 0 Å². The summed E-state index contributed by atoms with van der Waals surface area (Å²) in [6.45, 7) is 9.55. The number of aromatic nitrogens is 1. The fraction of sp³-hybridized carbons (Fsp3) is 0.571. The largest absolute Gasteiger partial charge is 0.351 e. The zero-order valence-electron chi connectivity index (χ0n) is 13.0. The van der Waals surface area contributed by atoms with Gasteiger partial charge in [-0.2, -0.15) is 0 Å². The molecule has 0 aliphatic heterocycles. The summed E-state index contributed by atoms with van der Waals surface area (Å²) in [7, 11) is 0. The predicted molar refractivity (Wildman–Crippen MR) is 81.3 cm³/mol. The van der Waals surface area contributed by atoms with Crippen LogP contribution in [0.15, 0.2) is 12.3 Å². The van der Waals surface area contributed by atoms with Crippen LogP contribution in [0.3, 0.4) is 0 Å². The highest BCUT2D eigenvalue weighted by molar-refractivity contribution is 5.95. The molecule has 1 aromatic rings. The minimum Gasteiger partial charge on any atom is -0.351 e. The van der Waals surface area contributed by atoms with Crippen LogP contribution < -0.4 is 16.6 Å². The van der Waals surface area contributed by atoms with Crippen LogP contribution in [0.1, 0.15) is 38.1 Å². The minimum atomic E-state index is -0.748. The van der Waals surface area contributed by atoms with E-state index in [2.05, 4.69) is 48.3 Å². The number of halogens is 1. The van der Waals surface area contributed by atoms with Crippen molar-refractivity contribution in [1.82, 2.24) is 15.2 Å². The molecule has 0 bridgehead atoms. The van der Waals surface area contributed by atoms with Gasteiger partial charge in [-0.3, -0.25) is 9.69 Å². The first-order valence-electron chi connectivity index (χ1n) is 7.03. The number of rotatable bonds is 7. The van der Waals surface area contributed by atoms with Gasteiger partial charge in [0.25, 0.3) is 5.91 Å². The number of nitrogens with one attached hydrogen (secondary N) is 2. The molecule has 118 valence electrons. The monoisotopic (exact) mass is 297 g/mol. The van der Waals surface area contributed by atoms with Crippen molar-refractivity contribution in [2.75, 3.05) is 18.5 Å². The molecule has 0 fully saturated rings. The Morgan fingerprint density at radius 2 is 2.00 bits per heavy atom. The number of nitrogens with two attached hydrogens (primary N) is 1. The topological polar surface area (TPSA) is 83.3 Å². The van der Waals surface area contributed by atoms with E-state index in [0.717, 1.165) is 0 Å². The second kappa shape index (κ2) is 7.90. The molecule has 1 aromatic heterocycles. The Balaban J connectivity index is 2.62. The molecule has 7 heteroatoms. The van der Waals surface area contributed by atoms with Crippen LogP contribution in [-0.2, 0) is 0 Å². The van der Waals surface area contributed by atoms with Crippen molar-refractivity contribution in [1.29, 1.82) is 0 Å². The van der Waals surface area contributed by atoms with Gasteiger partial charge in [-0.15, -0.1) is 0 Å². The summed E-state index contributed by atoms with van der Waals surface area (Å²) in [6.07, 6.45) is 1.34. The van der Waals surface area contributed by atoms with E-state index < -0.39 is 11.7 Å². The summed E-state index contributed by atoms with van der Waals surface area (Å²) in [5.74, 6) is 3.77. The number of amides is 1. The van der Waals surface area contributed by atoms with Crippen molar-refractivity contribution < 1.29 is 9.18 Å². The molecule has 1 rings (SSSR count). The maximum absolute atomic E-state index is 13.9. The van der Waals surface area contributed by atoms with E-state index in [1.807, 2.05) is 0 Å². The molecule has 0 spiro atoms. The van der Waals surface area contributed by atoms with E-state index in [0.29, 0.717) is 25.2 Å². The first-order valence-corrected chi connectivity index (χ1v) is 7.03. The second-order valence-corrected chi connectivity index (χ2v) is 5.35. The minimum absolute atomic E-state index is 0.0707. The van der Waals surface area contributed by atoms with Crippen LogP contribution in [0.4, 0.5) is 10.2 Å². The molecule has 1 heterocycles. The Labute approximate surface area is 124 Å². The number of pyridine rings is 1. The number of nitrogen functional groups attached to an aromatic ring is 1. The Morgan fingerprint density at radius 3 is 2.52 bits per heavy atom. The quantitative estimate of drug-likeness (QED) is 0.523. The van der Waals surface area contributed by atoms with Crippen LogP contribution >= 0.6 is 0 Å². The van der Waals surface area contributed by atoms with Crippen molar-refractivity contribution in [3.8, 4) is 0 Å². The van der Waals surface area contributed by atoms with Crippen molar-refractivity contribution in [2.24, 2.45) is 5.84 Å². The molecule has 0 radical (unpaired) electrons. The maximum Gasteiger partial charge on any atom is 0.254 e. The summed E-state index contributed by atoms with van der Waals surface area (Å²) in [5.41, 5.74) is 2.05. The van der Waals surface area contributed by atoms with Gasteiger partial charge in [-0.25, -0.2) is 15.2 Å². The number of anilines is 1. The van der Waals surface area contributed by atoms with E-state index in [4.69, 9.17) is 5.84 Å². The zero-order valence-corrected chi connectivity index (χ0v) is 13.0. The van der Waals surface area contributed by atoms with Crippen LogP contribution in [0.25, 0.3) is 0 Å². The van der Waals surface area contributed by atoms with Gasteiger partial charge in [0.1, 0.15) is 0 Å². The zero-order chi connectivity index (χ0) is 16.0. The third-order valence-electron chi connectivity index (χ3n) is 3.25. The van der Waals surface area contributed by atoms with E-state index >= 15 is 0 Å². The van der Waals surface area contributed by atoms with Crippen molar-refractivity contribution >= 4 is 11.7 Å². The Bertz CT molecular complexity index is 470.